The van der Waals surface area contributed by atoms with Crippen LogP contribution in [0.5, 0.6) is 0 Å². The van der Waals surface area contributed by atoms with E-state index in [1.54, 1.807) is 20.8 Å². The normalized spacial score (nSPS) is 20.6. The molecule has 1 unspecified atom stereocenters. The molecule has 182 valence electrons. The van der Waals surface area contributed by atoms with E-state index in [-0.39, 0.29) is 13.2 Å². The second kappa shape index (κ2) is 8.78. The van der Waals surface area contributed by atoms with Crippen molar-refractivity contribution in [1.29, 1.82) is 0 Å². The van der Waals surface area contributed by atoms with E-state index in [0.717, 1.165) is 12.1 Å². The molecule has 10 nitrogen and oxygen atoms in total. The molecule has 2 rings (SSSR count). The van der Waals surface area contributed by atoms with Crippen LogP contribution in [0.25, 0.3) is 0 Å². The Balaban J connectivity index is 2.49. The largest absolute Gasteiger partial charge is 0.501 e. The molecule has 1 aliphatic heterocycles. The van der Waals surface area contributed by atoms with Gasteiger partial charge in [-0.15, -0.1) is 0 Å². The number of hydrogen-bond donors (Lipinski definition) is 3. The highest BCUT2D eigenvalue weighted by molar-refractivity contribution is 7.92. The van der Waals surface area contributed by atoms with E-state index in [4.69, 9.17) is 14.6 Å². The zero-order valence-corrected chi connectivity index (χ0v) is 19.1. The third kappa shape index (κ3) is 5.89. The average Bonchev–Trinajstić information content (AvgIpc) is 2.64. The molecule has 15 heteroatoms. The summed E-state index contributed by atoms with van der Waals surface area (Å²) in [5, 5.41) is 10.3. The Kier molecular flexibility index (Phi) is 7.22. The van der Waals surface area contributed by atoms with Crippen LogP contribution in [0.15, 0.2) is 28.0 Å². The number of alkyl halides is 3. The summed E-state index contributed by atoms with van der Waals surface area (Å²) in [5.41, 5.74) is -8.88. The van der Waals surface area contributed by atoms with Gasteiger partial charge in [-0.05, 0) is 39.0 Å². The van der Waals surface area contributed by atoms with Gasteiger partial charge in [0.15, 0.2) is 5.60 Å². The predicted octanol–water partition coefficient (Wildman–Crippen LogP) is 0.740. The van der Waals surface area contributed by atoms with Crippen LogP contribution in [-0.4, -0.2) is 65.8 Å². The van der Waals surface area contributed by atoms with Crippen LogP contribution in [0.1, 0.15) is 20.8 Å². The fourth-order valence-electron chi connectivity index (χ4n) is 2.76. The first kappa shape index (κ1) is 26.3. The van der Waals surface area contributed by atoms with Gasteiger partial charge in [0, 0.05) is 13.1 Å². The van der Waals surface area contributed by atoms with Crippen molar-refractivity contribution in [3.8, 4) is 0 Å². The van der Waals surface area contributed by atoms with Gasteiger partial charge in [0.2, 0.25) is 10.0 Å². The number of primary sulfonamides is 1. The molecule has 0 amide bonds. The number of halogens is 3. The van der Waals surface area contributed by atoms with Gasteiger partial charge in [0.25, 0.3) is 9.84 Å². The van der Waals surface area contributed by atoms with Crippen LogP contribution in [0.4, 0.5) is 18.9 Å². The maximum atomic E-state index is 13.2. The number of ether oxygens (including phenoxy) is 2. The molecule has 1 aromatic rings. The lowest BCUT2D eigenvalue weighted by Crippen LogP contribution is -2.60. The number of sulfone groups is 1. The highest BCUT2D eigenvalue weighted by atomic mass is 32.2. The van der Waals surface area contributed by atoms with Gasteiger partial charge in [0.1, 0.15) is 10.5 Å². The SMILES string of the molecule is CC(C)(C)OC(=O)C1(CNc2ccc(S(N)(=O)=O)cc2S(=O)(=O)C(F)(F)F)CNCCO1. The number of carbonyl (C=O) groups is 1. The molecule has 4 N–H and O–H groups in total. The first-order chi connectivity index (χ1) is 14.4. The highest BCUT2D eigenvalue weighted by Gasteiger charge is 2.49. The summed E-state index contributed by atoms with van der Waals surface area (Å²) in [7, 11) is -10.5. The maximum Gasteiger partial charge on any atom is 0.501 e. The number of morpholine rings is 1. The number of sulfonamides is 1. The summed E-state index contributed by atoms with van der Waals surface area (Å²) in [6.07, 6.45) is 0. The molecule has 1 heterocycles. The van der Waals surface area contributed by atoms with Crippen molar-refractivity contribution in [2.45, 2.75) is 47.3 Å². The average molecular weight is 504 g/mol. The second-order valence-electron chi connectivity index (χ2n) is 8.03. The van der Waals surface area contributed by atoms with Crippen LogP contribution >= 0.6 is 0 Å². The van der Waals surface area contributed by atoms with E-state index < -0.39 is 64.6 Å². The first-order valence-corrected chi connectivity index (χ1v) is 12.2. The van der Waals surface area contributed by atoms with Crippen molar-refractivity contribution in [1.82, 2.24) is 5.32 Å². The summed E-state index contributed by atoms with van der Waals surface area (Å²) < 4.78 is 97.8. The van der Waals surface area contributed by atoms with E-state index >= 15 is 0 Å². The topological polar surface area (TPSA) is 154 Å². The van der Waals surface area contributed by atoms with E-state index in [2.05, 4.69) is 10.6 Å². The summed E-state index contributed by atoms with van der Waals surface area (Å²) in [6.45, 7) is 4.79. The summed E-state index contributed by atoms with van der Waals surface area (Å²) in [4.78, 5) is 10.6. The van der Waals surface area contributed by atoms with Crippen molar-refractivity contribution in [3.63, 3.8) is 0 Å². The monoisotopic (exact) mass is 503 g/mol. The van der Waals surface area contributed by atoms with E-state index in [1.165, 1.54) is 0 Å². The molecule has 1 fully saturated rings. The number of nitrogens with one attached hydrogen (secondary N) is 2. The molecule has 0 saturated carbocycles. The Morgan fingerprint density at radius 1 is 1.25 bits per heavy atom. The van der Waals surface area contributed by atoms with Crippen LogP contribution in [-0.2, 0) is 34.1 Å². The Labute approximate surface area is 183 Å². The van der Waals surface area contributed by atoms with Crippen molar-refractivity contribution in [2.24, 2.45) is 5.14 Å². The standard InChI is InChI=1S/C17H24F3N3O7S2/c1-15(2,3)30-14(24)16(9-22-6-7-29-16)10-23-12-5-4-11(32(21,27)28)8-13(12)31(25,26)17(18,19)20/h4-5,8,22-23H,6-7,9-10H2,1-3H3,(H2,21,27,28). The van der Waals surface area contributed by atoms with Crippen molar-refractivity contribution in [2.75, 3.05) is 31.6 Å². The molecule has 1 atom stereocenters. The Bertz CT molecular complexity index is 1080. The lowest BCUT2D eigenvalue weighted by atomic mass is 10.0. The summed E-state index contributed by atoms with van der Waals surface area (Å²) >= 11 is 0. The van der Waals surface area contributed by atoms with Gasteiger partial charge in [-0.2, -0.15) is 13.2 Å². The van der Waals surface area contributed by atoms with Gasteiger partial charge < -0.3 is 20.1 Å². The van der Waals surface area contributed by atoms with Crippen LogP contribution < -0.4 is 15.8 Å². The minimum Gasteiger partial charge on any atom is -0.458 e. The van der Waals surface area contributed by atoms with Crippen LogP contribution in [0.2, 0.25) is 0 Å². The number of rotatable bonds is 6. The third-order valence-corrected chi connectivity index (χ3v) is 6.72. The van der Waals surface area contributed by atoms with Crippen LogP contribution in [0, 0.1) is 0 Å². The Morgan fingerprint density at radius 2 is 1.88 bits per heavy atom. The third-order valence-electron chi connectivity index (χ3n) is 4.28. The fraction of sp³-hybridized carbons (Fsp3) is 0.588. The molecular formula is C17H24F3N3O7S2. The van der Waals surface area contributed by atoms with Gasteiger partial charge >= 0.3 is 11.5 Å². The zero-order chi connectivity index (χ0) is 24.6. The fourth-order valence-corrected chi connectivity index (χ4v) is 4.33. The van der Waals surface area contributed by atoms with E-state index in [1.807, 2.05) is 0 Å². The number of anilines is 1. The van der Waals surface area contributed by atoms with E-state index in [0.29, 0.717) is 12.6 Å². The number of hydrogen-bond acceptors (Lipinski definition) is 9. The quantitative estimate of drug-likeness (QED) is 0.477. The molecule has 0 radical (unpaired) electrons. The number of carbonyl (C=O) groups excluding carboxylic acids is 1. The van der Waals surface area contributed by atoms with Crippen molar-refractivity contribution < 1.29 is 44.3 Å². The highest BCUT2D eigenvalue weighted by Crippen LogP contribution is 2.36. The Hall–Kier alpha value is -1.94. The van der Waals surface area contributed by atoms with Gasteiger partial charge in [-0.25, -0.2) is 26.8 Å². The number of esters is 1. The first-order valence-electron chi connectivity index (χ1n) is 9.19. The summed E-state index contributed by atoms with van der Waals surface area (Å²) in [5.74, 6) is -0.814. The minimum atomic E-state index is -5.97. The van der Waals surface area contributed by atoms with Crippen LogP contribution in [0.3, 0.4) is 0 Å². The summed E-state index contributed by atoms with van der Waals surface area (Å²) in [6, 6.07) is 1.96. The maximum absolute atomic E-state index is 13.2. The molecule has 1 aliphatic rings. The molecule has 0 aliphatic carbocycles. The molecule has 0 spiro atoms. The van der Waals surface area contributed by atoms with Gasteiger partial charge in [0.05, 0.1) is 23.7 Å². The molecule has 0 aromatic heterocycles. The molecule has 1 saturated heterocycles. The van der Waals surface area contributed by atoms with E-state index in [9.17, 15) is 34.8 Å². The van der Waals surface area contributed by atoms with Crippen molar-refractivity contribution >= 4 is 31.5 Å². The second-order valence-corrected chi connectivity index (χ2v) is 11.5. The van der Waals surface area contributed by atoms with Gasteiger partial charge in [-0.1, -0.05) is 0 Å². The number of benzene rings is 1. The minimum absolute atomic E-state index is 0.0640. The molecular weight excluding hydrogens is 479 g/mol. The van der Waals surface area contributed by atoms with Gasteiger partial charge in [-0.3, -0.25) is 0 Å². The lowest BCUT2D eigenvalue weighted by Gasteiger charge is -2.37. The predicted molar refractivity (Wildman–Crippen MR) is 107 cm³/mol. The smallest absolute Gasteiger partial charge is 0.458 e. The molecule has 32 heavy (non-hydrogen) atoms. The molecule has 0 bridgehead atoms. The number of nitrogens with two attached hydrogens (primary N) is 1. The Morgan fingerprint density at radius 3 is 2.34 bits per heavy atom. The zero-order valence-electron chi connectivity index (χ0n) is 17.4. The lowest BCUT2D eigenvalue weighted by molar-refractivity contribution is -0.185. The van der Waals surface area contributed by atoms with Crippen molar-refractivity contribution in [3.05, 3.63) is 18.2 Å². The molecule has 1 aromatic carbocycles.